The van der Waals surface area contributed by atoms with Crippen LogP contribution in [0.5, 0.6) is 0 Å². The van der Waals surface area contributed by atoms with Crippen LogP contribution in [-0.4, -0.2) is 36.4 Å². The number of rotatable bonds is 2. The lowest BCUT2D eigenvalue weighted by molar-refractivity contribution is -0.138. The molecule has 2 heterocycles. The van der Waals surface area contributed by atoms with Crippen molar-refractivity contribution in [3.63, 3.8) is 0 Å². The molecule has 3 rings (SSSR count). The van der Waals surface area contributed by atoms with E-state index in [4.69, 9.17) is 4.74 Å². The molecule has 4 heteroatoms. The molecule has 1 aromatic rings. The third kappa shape index (κ3) is 3.69. The van der Waals surface area contributed by atoms with Crippen LogP contribution in [0.15, 0.2) is 35.0 Å². The second-order valence-corrected chi connectivity index (χ2v) is 7.46. The maximum absolute atomic E-state index is 12.7. The van der Waals surface area contributed by atoms with E-state index >= 15 is 0 Å². The molecule has 1 amide bonds. The number of carbonyl (C=O) groups excluding carboxylic acids is 1. The number of hydrogen-bond acceptors (Lipinski definition) is 3. The molecule has 0 spiro atoms. The van der Waals surface area contributed by atoms with Crippen LogP contribution in [0.2, 0.25) is 0 Å². The van der Waals surface area contributed by atoms with Crippen LogP contribution in [0.1, 0.15) is 51.2 Å². The van der Waals surface area contributed by atoms with Gasteiger partial charge in [-0.25, -0.2) is 4.99 Å². The van der Waals surface area contributed by atoms with Crippen molar-refractivity contribution in [3.05, 3.63) is 41.1 Å². The zero-order valence-electron chi connectivity index (χ0n) is 14.8. The Morgan fingerprint density at radius 1 is 1.21 bits per heavy atom. The molecule has 0 saturated carbocycles. The Morgan fingerprint density at radius 3 is 2.58 bits per heavy atom. The summed E-state index contributed by atoms with van der Waals surface area (Å²) >= 11 is 0. The van der Waals surface area contributed by atoms with Crippen LogP contribution >= 0.6 is 0 Å². The van der Waals surface area contributed by atoms with Crippen LogP contribution in [-0.2, 0) is 9.53 Å². The van der Waals surface area contributed by atoms with E-state index in [0.717, 1.165) is 55.1 Å². The maximum atomic E-state index is 12.7. The van der Waals surface area contributed by atoms with Crippen molar-refractivity contribution in [2.24, 2.45) is 10.4 Å². The van der Waals surface area contributed by atoms with Crippen LogP contribution in [0.3, 0.4) is 0 Å². The lowest BCUT2D eigenvalue weighted by Gasteiger charge is -2.34. The predicted octanol–water partition coefficient (Wildman–Crippen LogP) is 3.86. The fourth-order valence-electron chi connectivity index (χ4n) is 3.07. The first-order chi connectivity index (χ1) is 11.4. The topological polar surface area (TPSA) is 41.9 Å². The SMILES string of the molecule is CC(C)(C)C(=O)N1CCCCC1=Cc1ccc(C2=NCCO2)cc1. The molecule has 128 valence electrons. The smallest absolute Gasteiger partial charge is 0.232 e. The minimum Gasteiger partial charge on any atom is -0.476 e. The highest BCUT2D eigenvalue weighted by atomic mass is 16.5. The van der Waals surface area contributed by atoms with Gasteiger partial charge in [0.2, 0.25) is 11.8 Å². The molecule has 24 heavy (non-hydrogen) atoms. The fraction of sp³-hybridized carbons (Fsp3) is 0.500. The summed E-state index contributed by atoms with van der Waals surface area (Å²) in [6.45, 7) is 8.19. The molecule has 1 fully saturated rings. The number of likely N-dealkylation sites (tertiary alicyclic amines) is 1. The van der Waals surface area contributed by atoms with Crippen LogP contribution in [0.25, 0.3) is 6.08 Å². The Bertz CT molecular complexity index is 666. The summed E-state index contributed by atoms with van der Waals surface area (Å²) in [5.74, 6) is 0.940. The number of benzene rings is 1. The largest absolute Gasteiger partial charge is 0.476 e. The Hall–Kier alpha value is -2.10. The summed E-state index contributed by atoms with van der Waals surface area (Å²) in [5, 5.41) is 0. The van der Waals surface area contributed by atoms with Gasteiger partial charge in [0.1, 0.15) is 6.61 Å². The zero-order chi connectivity index (χ0) is 17.2. The van der Waals surface area contributed by atoms with E-state index in [1.807, 2.05) is 37.8 Å². The summed E-state index contributed by atoms with van der Waals surface area (Å²) in [7, 11) is 0. The van der Waals surface area contributed by atoms with E-state index in [2.05, 4.69) is 23.2 Å². The van der Waals surface area contributed by atoms with E-state index in [9.17, 15) is 4.79 Å². The normalized spacial score (nSPS) is 20.0. The molecule has 0 bridgehead atoms. The van der Waals surface area contributed by atoms with Gasteiger partial charge in [-0.2, -0.15) is 0 Å². The number of hydrogen-bond donors (Lipinski definition) is 0. The van der Waals surface area contributed by atoms with E-state index in [1.165, 1.54) is 0 Å². The van der Waals surface area contributed by atoms with Gasteiger partial charge in [-0.3, -0.25) is 4.79 Å². The third-order valence-corrected chi connectivity index (χ3v) is 4.37. The summed E-state index contributed by atoms with van der Waals surface area (Å²) in [5.41, 5.74) is 2.91. The summed E-state index contributed by atoms with van der Waals surface area (Å²) in [4.78, 5) is 19.0. The molecule has 0 radical (unpaired) electrons. The van der Waals surface area contributed by atoms with Crippen molar-refractivity contribution < 1.29 is 9.53 Å². The van der Waals surface area contributed by atoms with Gasteiger partial charge in [0.05, 0.1) is 6.54 Å². The molecule has 0 unspecified atom stereocenters. The number of piperidine rings is 1. The van der Waals surface area contributed by atoms with E-state index in [0.29, 0.717) is 6.61 Å². The Labute approximate surface area is 144 Å². The van der Waals surface area contributed by atoms with Crippen LogP contribution in [0.4, 0.5) is 0 Å². The van der Waals surface area contributed by atoms with E-state index in [1.54, 1.807) is 0 Å². The Kier molecular flexibility index (Phi) is 4.74. The van der Waals surface area contributed by atoms with Gasteiger partial charge >= 0.3 is 0 Å². The molecule has 0 aromatic heterocycles. The molecule has 0 N–H and O–H groups in total. The predicted molar refractivity (Wildman–Crippen MR) is 96.8 cm³/mol. The zero-order valence-corrected chi connectivity index (χ0v) is 14.8. The average Bonchev–Trinajstić information content (AvgIpc) is 3.09. The highest BCUT2D eigenvalue weighted by Crippen LogP contribution is 2.28. The van der Waals surface area contributed by atoms with Gasteiger partial charge in [0.15, 0.2) is 0 Å². The second-order valence-electron chi connectivity index (χ2n) is 7.46. The number of nitrogens with zero attached hydrogens (tertiary/aromatic N) is 2. The van der Waals surface area contributed by atoms with Crippen LogP contribution < -0.4 is 0 Å². The van der Waals surface area contributed by atoms with Crippen molar-refractivity contribution >= 4 is 17.9 Å². The first kappa shape index (κ1) is 16.7. The lowest BCUT2D eigenvalue weighted by Crippen LogP contribution is -2.41. The van der Waals surface area contributed by atoms with Gasteiger partial charge in [-0.05, 0) is 43.0 Å². The number of carbonyl (C=O) groups is 1. The minimum atomic E-state index is -0.349. The summed E-state index contributed by atoms with van der Waals surface area (Å²) < 4.78 is 5.50. The molecule has 2 aliphatic rings. The van der Waals surface area contributed by atoms with Gasteiger partial charge in [0, 0.05) is 23.2 Å². The van der Waals surface area contributed by atoms with Gasteiger partial charge in [0.25, 0.3) is 0 Å². The molecule has 0 aliphatic carbocycles. The number of ether oxygens (including phenoxy) is 1. The average molecular weight is 326 g/mol. The summed E-state index contributed by atoms with van der Waals surface area (Å²) in [6.07, 6.45) is 5.32. The number of aliphatic imine (C=N–C) groups is 1. The van der Waals surface area contributed by atoms with Crippen LogP contribution in [0, 0.1) is 5.41 Å². The molecular formula is C20H26N2O2. The lowest BCUT2D eigenvalue weighted by atomic mass is 9.92. The number of amides is 1. The molecule has 1 aromatic carbocycles. The molecule has 2 aliphatic heterocycles. The quantitative estimate of drug-likeness (QED) is 0.828. The fourth-order valence-corrected chi connectivity index (χ4v) is 3.07. The number of allylic oxidation sites excluding steroid dienone is 1. The standard InChI is InChI=1S/C20H26N2O2/c1-20(2,3)19(23)22-12-5-4-6-17(22)14-15-7-9-16(10-8-15)18-21-11-13-24-18/h7-10,14H,4-6,11-13H2,1-3H3. The van der Waals surface area contributed by atoms with Gasteiger partial charge in [-0.15, -0.1) is 0 Å². The Balaban J connectivity index is 1.81. The first-order valence-electron chi connectivity index (χ1n) is 8.75. The van der Waals surface area contributed by atoms with Crippen molar-refractivity contribution in [1.82, 2.24) is 4.90 Å². The Morgan fingerprint density at radius 2 is 1.96 bits per heavy atom. The van der Waals surface area contributed by atoms with E-state index in [-0.39, 0.29) is 11.3 Å². The molecule has 4 nitrogen and oxygen atoms in total. The van der Waals surface area contributed by atoms with Crippen molar-refractivity contribution in [2.75, 3.05) is 19.7 Å². The highest BCUT2D eigenvalue weighted by Gasteiger charge is 2.30. The van der Waals surface area contributed by atoms with Crippen molar-refractivity contribution in [3.8, 4) is 0 Å². The second kappa shape index (κ2) is 6.80. The van der Waals surface area contributed by atoms with E-state index < -0.39 is 0 Å². The first-order valence-corrected chi connectivity index (χ1v) is 8.75. The molecular weight excluding hydrogens is 300 g/mol. The van der Waals surface area contributed by atoms with Crippen molar-refractivity contribution in [2.45, 2.75) is 40.0 Å². The highest BCUT2D eigenvalue weighted by molar-refractivity contribution is 5.95. The minimum absolute atomic E-state index is 0.207. The van der Waals surface area contributed by atoms with Crippen molar-refractivity contribution in [1.29, 1.82) is 0 Å². The van der Waals surface area contributed by atoms with Gasteiger partial charge < -0.3 is 9.64 Å². The summed E-state index contributed by atoms with van der Waals surface area (Å²) in [6, 6.07) is 8.21. The van der Waals surface area contributed by atoms with Gasteiger partial charge in [-0.1, -0.05) is 32.9 Å². The monoisotopic (exact) mass is 326 g/mol. The molecule has 1 saturated heterocycles. The third-order valence-electron chi connectivity index (χ3n) is 4.37. The maximum Gasteiger partial charge on any atom is 0.232 e. The molecule has 0 atom stereocenters.